The van der Waals surface area contributed by atoms with Crippen molar-refractivity contribution in [1.82, 2.24) is 20.0 Å². The minimum absolute atomic E-state index is 0.0908. The lowest BCUT2D eigenvalue weighted by molar-refractivity contribution is -0.154. The average molecular weight is 294 g/mol. The molecule has 0 bridgehead atoms. The van der Waals surface area contributed by atoms with Gasteiger partial charge in [-0.1, -0.05) is 0 Å². The summed E-state index contributed by atoms with van der Waals surface area (Å²) in [6.45, 7) is 5.53. The van der Waals surface area contributed by atoms with Crippen molar-refractivity contribution in [2.24, 2.45) is 7.05 Å². The van der Waals surface area contributed by atoms with Crippen LogP contribution in [-0.4, -0.2) is 66.1 Å². The summed E-state index contributed by atoms with van der Waals surface area (Å²) < 4.78 is 13.1. The number of nitrogens with one attached hydrogen (secondary N) is 1. The minimum Gasteiger partial charge on any atom is -0.378 e. The molecule has 21 heavy (non-hydrogen) atoms. The highest BCUT2D eigenvalue weighted by Crippen LogP contribution is 2.29. The maximum absolute atomic E-state index is 12.6. The minimum atomic E-state index is -0.502. The van der Waals surface area contributed by atoms with Crippen molar-refractivity contribution in [1.29, 1.82) is 0 Å². The van der Waals surface area contributed by atoms with Crippen LogP contribution in [0.5, 0.6) is 0 Å². The van der Waals surface area contributed by atoms with Crippen LogP contribution in [0.15, 0.2) is 12.4 Å². The zero-order valence-corrected chi connectivity index (χ0v) is 12.5. The molecule has 1 aromatic rings. The van der Waals surface area contributed by atoms with E-state index in [1.54, 1.807) is 10.9 Å². The second kappa shape index (κ2) is 5.75. The molecule has 0 unspecified atom stereocenters. The first-order valence-electron chi connectivity index (χ1n) is 7.31. The quantitative estimate of drug-likeness (QED) is 0.795. The molecule has 0 aliphatic carbocycles. The molecule has 3 rings (SSSR count). The van der Waals surface area contributed by atoms with E-state index in [9.17, 15) is 4.79 Å². The molecule has 2 saturated heterocycles. The third kappa shape index (κ3) is 2.95. The summed E-state index contributed by atoms with van der Waals surface area (Å²) in [5.74, 6) is 0.0908. The van der Waals surface area contributed by atoms with Gasteiger partial charge in [0.1, 0.15) is 11.6 Å². The van der Waals surface area contributed by atoms with Crippen LogP contribution < -0.4 is 5.32 Å². The molecule has 2 fully saturated rings. The Morgan fingerprint density at radius 1 is 1.52 bits per heavy atom. The summed E-state index contributed by atoms with van der Waals surface area (Å²) in [7, 11) is 1.88. The molecule has 116 valence electrons. The van der Waals surface area contributed by atoms with Gasteiger partial charge < -0.3 is 19.7 Å². The molecular weight excluding hydrogens is 272 g/mol. The lowest BCUT2D eigenvalue weighted by Gasteiger charge is -2.41. The normalized spacial score (nSPS) is 30.4. The van der Waals surface area contributed by atoms with Gasteiger partial charge in [0.15, 0.2) is 0 Å². The predicted molar refractivity (Wildman–Crippen MR) is 75.7 cm³/mol. The number of nitrogens with zero attached hydrogens (tertiary/aromatic N) is 3. The van der Waals surface area contributed by atoms with E-state index in [0.717, 1.165) is 12.1 Å². The third-order valence-corrected chi connectivity index (χ3v) is 4.12. The summed E-state index contributed by atoms with van der Waals surface area (Å²) in [6, 6.07) is -0.241. The van der Waals surface area contributed by atoms with E-state index in [2.05, 4.69) is 10.4 Å². The van der Waals surface area contributed by atoms with E-state index >= 15 is 0 Å². The van der Waals surface area contributed by atoms with Gasteiger partial charge in [-0.3, -0.25) is 9.48 Å². The molecule has 2 aliphatic rings. The first-order valence-corrected chi connectivity index (χ1v) is 7.31. The molecule has 3 heterocycles. The van der Waals surface area contributed by atoms with Crippen LogP contribution >= 0.6 is 0 Å². The van der Waals surface area contributed by atoms with Gasteiger partial charge in [-0.15, -0.1) is 0 Å². The second-order valence-electron chi connectivity index (χ2n) is 5.82. The van der Waals surface area contributed by atoms with Crippen molar-refractivity contribution < 1.29 is 14.3 Å². The van der Waals surface area contributed by atoms with Crippen LogP contribution in [0.25, 0.3) is 0 Å². The number of rotatable bonds is 2. The Balaban J connectivity index is 1.71. The van der Waals surface area contributed by atoms with Crippen LogP contribution in [0.3, 0.4) is 0 Å². The highest BCUT2D eigenvalue weighted by Gasteiger charge is 2.38. The van der Waals surface area contributed by atoms with Crippen molar-refractivity contribution in [3.05, 3.63) is 18.0 Å². The largest absolute Gasteiger partial charge is 0.378 e. The molecule has 7 nitrogen and oxygen atoms in total. The van der Waals surface area contributed by atoms with Crippen LogP contribution in [0, 0.1) is 0 Å². The smallest absolute Gasteiger partial charge is 0.242 e. The van der Waals surface area contributed by atoms with E-state index in [0.29, 0.717) is 32.9 Å². The summed E-state index contributed by atoms with van der Waals surface area (Å²) in [6.07, 6.45) is 3.74. The van der Waals surface area contributed by atoms with Gasteiger partial charge in [-0.2, -0.15) is 5.10 Å². The molecular formula is C14H22N4O3. The average Bonchev–Trinajstić information content (AvgIpc) is 2.95. The van der Waals surface area contributed by atoms with Crippen LogP contribution in [0.4, 0.5) is 0 Å². The topological polar surface area (TPSA) is 68.6 Å². The number of carbonyl (C=O) groups is 1. The van der Waals surface area contributed by atoms with Crippen molar-refractivity contribution in [3.8, 4) is 0 Å². The molecule has 0 spiro atoms. The lowest BCUT2D eigenvalue weighted by Crippen LogP contribution is -2.58. The van der Waals surface area contributed by atoms with Crippen molar-refractivity contribution in [3.63, 3.8) is 0 Å². The first-order chi connectivity index (χ1) is 10.1. The number of ether oxygens (including phenoxy) is 2. The van der Waals surface area contributed by atoms with Gasteiger partial charge in [-0.05, 0) is 6.92 Å². The molecule has 0 aromatic carbocycles. The van der Waals surface area contributed by atoms with Crippen LogP contribution in [0.2, 0.25) is 0 Å². The van der Waals surface area contributed by atoms with Gasteiger partial charge in [0.05, 0.1) is 32.6 Å². The number of aryl methyl sites for hydroxylation is 1. The summed E-state index contributed by atoms with van der Waals surface area (Å²) >= 11 is 0. The van der Waals surface area contributed by atoms with Gasteiger partial charge >= 0.3 is 0 Å². The zero-order valence-electron chi connectivity index (χ0n) is 12.5. The zero-order chi connectivity index (χ0) is 14.9. The van der Waals surface area contributed by atoms with Gasteiger partial charge in [0, 0.05) is 31.9 Å². The van der Waals surface area contributed by atoms with Gasteiger partial charge in [0.2, 0.25) is 5.91 Å². The highest BCUT2D eigenvalue weighted by molar-refractivity contribution is 5.82. The Hall–Kier alpha value is -1.44. The fraction of sp³-hybridized carbons (Fsp3) is 0.714. The molecule has 1 aromatic heterocycles. The van der Waals surface area contributed by atoms with Crippen molar-refractivity contribution >= 4 is 5.91 Å². The summed E-state index contributed by atoms with van der Waals surface area (Å²) in [5, 5.41) is 7.41. The number of amides is 1. The van der Waals surface area contributed by atoms with Crippen LogP contribution in [-0.2, 0) is 26.9 Å². The number of hydrogen-bond acceptors (Lipinski definition) is 5. The van der Waals surface area contributed by atoms with E-state index < -0.39 is 5.60 Å². The van der Waals surface area contributed by atoms with Gasteiger partial charge in [0.25, 0.3) is 0 Å². The lowest BCUT2D eigenvalue weighted by atomic mass is 9.96. The van der Waals surface area contributed by atoms with Crippen molar-refractivity contribution in [2.75, 3.05) is 39.5 Å². The molecule has 1 amide bonds. The summed E-state index contributed by atoms with van der Waals surface area (Å²) in [5.41, 5.74) is 0.493. The van der Waals surface area contributed by atoms with E-state index in [4.69, 9.17) is 9.47 Å². The molecule has 2 atom stereocenters. The van der Waals surface area contributed by atoms with E-state index in [-0.39, 0.29) is 11.9 Å². The number of carbonyl (C=O) groups excluding carboxylic acids is 1. The first kappa shape index (κ1) is 14.5. The third-order valence-electron chi connectivity index (χ3n) is 4.12. The number of hydrogen-bond donors (Lipinski definition) is 1. The van der Waals surface area contributed by atoms with Crippen molar-refractivity contribution in [2.45, 2.75) is 18.6 Å². The highest BCUT2D eigenvalue weighted by atomic mass is 16.5. The Morgan fingerprint density at radius 3 is 3.05 bits per heavy atom. The Bertz CT molecular complexity index is 512. The molecule has 7 heteroatoms. The monoisotopic (exact) mass is 294 g/mol. The Labute approximate surface area is 124 Å². The SMILES string of the molecule is Cn1cc([C@]2(C)CN(C(=O)[C@H]3COCCN3)CCO2)cn1. The maximum Gasteiger partial charge on any atom is 0.242 e. The fourth-order valence-corrected chi connectivity index (χ4v) is 2.87. The molecule has 0 saturated carbocycles. The second-order valence-corrected chi connectivity index (χ2v) is 5.82. The predicted octanol–water partition coefficient (Wildman–Crippen LogP) is -0.517. The van der Waals surface area contributed by atoms with Gasteiger partial charge in [-0.25, -0.2) is 0 Å². The van der Waals surface area contributed by atoms with Crippen LogP contribution in [0.1, 0.15) is 12.5 Å². The standard InChI is InChI=1S/C14H22N4O3/c1-14(11-7-16-17(2)8-11)10-18(4-6-21-14)13(19)12-9-20-5-3-15-12/h7-8,12,15H,3-6,9-10H2,1-2H3/t12-,14+/m1/s1. The summed E-state index contributed by atoms with van der Waals surface area (Å²) in [4.78, 5) is 14.4. The molecule has 1 N–H and O–H groups in total. The fourth-order valence-electron chi connectivity index (χ4n) is 2.87. The number of morpholine rings is 2. The number of aromatic nitrogens is 2. The maximum atomic E-state index is 12.6. The Morgan fingerprint density at radius 2 is 2.38 bits per heavy atom. The Kier molecular flexibility index (Phi) is 3.97. The van der Waals surface area contributed by atoms with E-state index in [1.165, 1.54) is 0 Å². The molecule has 2 aliphatic heterocycles. The molecule has 0 radical (unpaired) electrons. The van der Waals surface area contributed by atoms with E-state index in [1.807, 2.05) is 25.1 Å².